The lowest BCUT2D eigenvalue weighted by Crippen LogP contribution is -2.63. The van der Waals surface area contributed by atoms with Crippen molar-refractivity contribution in [1.82, 2.24) is 25.5 Å². The summed E-state index contributed by atoms with van der Waals surface area (Å²) < 4.78 is 13.3. The van der Waals surface area contributed by atoms with Gasteiger partial charge in [0.25, 0.3) is 5.91 Å². The predicted octanol–water partition coefficient (Wildman–Crippen LogP) is 3.51. The van der Waals surface area contributed by atoms with Crippen molar-refractivity contribution in [1.29, 1.82) is 0 Å². The summed E-state index contributed by atoms with van der Waals surface area (Å²) in [4.78, 5) is 37.3. The molecule has 1 saturated heterocycles. The molecular weight excluding hydrogens is 465 g/mol. The van der Waals surface area contributed by atoms with Crippen LogP contribution < -0.4 is 10.6 Å². The van der Waals surface area contributed by atoms with Crippen molar-refractivity contribution in [3.63, 3.8) is 0 Å². The van der Waals surface area contributed by atoms with Crippen LogP contribution in [0.1, 0.15) is 35.3 Å². The highest BCUT2D eigenvalue weighted by Crippen LogP contribution is 2.28. The lowest BCUT2D eigenvalue weighted by molar-refractivity contribution is -0.138. The van der Waals surface area contributed by atoms with Crippen molar-refractivity contribution in [3.05, 3.63) is 77.3 Å². The second-order valence-corrected chi connectivity index (χ2v) is 9.66. The van der Waals surface area contributed by atoms with E-state index in [9.17, 15) is 14.0 Å². The van der Waals surface area contributed by atoms with Crippen LogP contribution in [-0.2, 0) is 4.79 Å². The van der Waals surface area contributed by atoms with Crippen LogP contribution in [0.4, 0.5) is 4.39 Å². The van der Waals surface area contributed by atoms with Gasteiger partial charge in [0.15, 0.2) is 0 Å². The van der Waals surface area contributed by atoms with E-state index >= 15 is 0 Å². The number of nitrogens with zero attached hydrogens (tertiary/aromatic N) is 3. The van der Waals surface area contributed by atoms with Crippen molar-refractivity contribution in [3.8, 4) is 10.6 Å². The Hall–Kier alpha value is -3.43. The summed E-state index contributed by atoms with van der Waals surface area (Å²) in [6.07, 6.45) is 7.13. The van der Waals surface area contributed by atoms with Crippen molar-refractivity contribution >= 4 is 28.7 Å². The molecule has 180 valence electrons. The highest BCUT2D eigenvalue weighted by molar-refractivity contribution is 7.13. The topological polar surface area (TPSA) is 87.2 Å². The molecule has 2 aliphatic heterocycles. The number of nitrogens with one attached hydrogen (secondary N) is 2. The van der Waals surface area contributed by atoms with E-state index in [0.29, 0.717) is 56.1 Å². The summed E-state index contributed by atoms with van der Waals surface area (Å²) in [7, 11) is 0. The minimum atomic E-state index is -0.971. The number of piperidine rings is 1. The van der Waals surface area contributed by atoms with E-state index in [4.69, 9.17) is 0 Å². The maximum absolute atomic E-state index is 13.7. The first-order chi connectivity index (χ1) is 17.0. The van der Waals surface area contributed by atoms with Gasteiger partial charge in [-0.05, 0) is 67.8 Å². The summed E-state index contributed by atoms with van der Waals surface area (Å²) in [5.41, 5.74) is 2.25. The Kier molecular flexibility index (Phi) is 6.70. The molecule has 2 amide bonds. The number of hydrogen-bond donors (Lipinski definition) is 2. The van der Waals surface area contributed by atoms with E-state index < -0.39 is 5.54 Å². The largest absolute Gasteiger partial charge is 0.337 e. The van der Waals surface area contributed by atoms with E-state index in [1.165, 1.54) is 23.5 Å². The van der Waals surface area contributed by atoms with Crippen LogP contribution in [0.2, 0.25) is 0 Å². The molecule has 0 radical (unpaired) electrons. The first kappa shape index (κ1) is 23.3. The molecule has 0 saturated carbocycles. The first-order valence-electron chi connectivity index (χ1n) is 11.7. The molecule has 9 heteroatoms. The molecule has 1 aromatic carbocycles. The average Bonchev–Trinajstić information content (AvgIpc) is 3.41. The summed E-state index contributed by atoms with van der Waals surface area (Å²) in [6.45, 7) is 2.30. The molecule has 2 N–H and O–H groups in total. The van der Waals surface area contributed by atoms with E-state index in [-0.39, 0.29) is 17.6 Å². The van der Waals surface area contributed by atoms with Crippen LogP contribution in [0, 0.1) is 5.82 Å². The molecule has 3 aromatic rings. The minimum Gasteiger partial charge on any atom is -0.337 e. The Morgan fingerprint density at radius 1 is 1.11 bits per heavy atom. The lowest BCUT2D eigenvalue weighted by Gasteiger charge is -2.41. The number of carbonyl (C=O) groups is 2. The number of amides is 2. The van der Waals surface area contributed by atoms with Crippen LogP contribution in [0.15, 0.2) is 60.2 Å². The first-order valence-corrected chi connectivity index (χ1v) is 12.6. The Morgan fingerprint density at radius 3 is 2.60 bits per heavy atom. The Labute approximate surface area is 207 Å². The summed E-state index contributed by atoms with van der Waals surface area (Å²) in [5.74, 6) is -0.672. The Bertz CT molecular complexity index is 1240. The summed E-state index contributed by atoms with van der Waals surface area (Å²) in [6, 6.07) is 10.2. The van der Waals surface area contributed by atoms with Gasteiger partial charge in [-0.2, -0.15) is 0 Å². The molecule has 0 spiro atoms. The van der Waals surface area contributed by atoms with Crippen LogP contribution >= 0.6 is 11.3 Å². The second kappa shape index (κ2) is 10.1. The highest BCUT2D eigenvalue weighted by atomic mass is 32.1. The summed E-state index contributed by atoms with van der Waals surface area (Å²) >= 11 is 1.38. The van der Waals surface area contributed by atoms with Crippen molar-refractivity contribution in [2.75, 3.05) is 26.2 Å². The van der Waals surface area contributed by atoms with Gasteiger partial charge in [-0.15, -0.1) is 11.3 Å². The van der Waals surface area contributed by atoms with Crippen LogP contribution in [0.5, 0.6) is 0 Å². The Balaban J connectivity index is 1.31. The maximum Gasteiger partial charge on any atom is 0.271 e. The van der Waals surface area contributed by atoms with Crippen molar-refractivity contribution in [2.24, 2.45) is 0 Å². The zero-order chi connectivity index (χ0) is 24.3. The normalized spacial score (nSPS) is 17.5. The number of carbonyl (C=O) groups excluding carboxylic acids is 2. The van der Waals surface area contributed by atoms with E-state index in [1.807, 2.05) is 18.2 Å². The fraction of sp³-hybridized carbons (Fsp3) is 0.308. The van der Waals surface area contributed by atoms with Gasteiger partial charge >= 0.3 is 0 Å². The third kappa shape index (κ3) is 5.01. The molecular formula is C26H26FN5O2S. The quantitative estimate of drug-likeness (QED) is 0.570. The molecule has 7 nitrogen and oxygen atoms in total. The third-order valence-electron chi connectivity index (χ3n) is 6.58. The number of benzene rings is 1. The molecule has 35 heavy (non-hydrogen) atoms. The Morgan fingerprint density at radius 2 is 1.91 bits per heavy atom. The van der Waals surface area contributed by atoms with Gasteiger partial charge < -0.3 is 15.5 Å². The predicted molar refractivity (Wildman–Crippen MR) is 133 cm³/mol. The summed E-state index contributed by atoms with van der Waals surface area (Å²) in [5, 5.41) is 8.77. The van der Waals surface area contributed by atoms with Crippen molar-refractivity contribution < 1.29 is 14.0 Å². The van der Waals surface area contributed by atoms with Gasteiger partial charge in [0.05, 0.1) is 0 Å². The van der Waals surface area contributed by atoms with Gasteiger partial charge in [0.1, 0.15) is 22.1 Å². The number of hydrogen-bond acceptors (Lipinski definition) is 6. The van der Waals surface area contributed by atoms with Crippen LogP contribution in [0.25, 0.3) is 16.1 Å². The van der Waals surface area contributed by atoms with Crippen LogP contribution in [-0.4, -0.2) is 58.4 Å². The molecule has 0 atom stereocenters. The fourth-order valence-corrected chi connectivity index (χ4v) is 5.40. The van der Waals surface area contributed by atoms with E-state index in [2.05, 4.69) is 20.6 Å². The SMILES string of the molecule is O=C(NC1(C(=O)N2CC=C(c3ccc(F)cc3)CC2)CCNCC1)c1csc(-c2cccnc2)n1. The number of thiazole rings is 1. The monoisotopic (exact) mass is 491 g/mol. The molecule has 2 aliphatic rings. The highest BCUT2D eigenvalue weighted by Gasteiger charge is 2.44. The molecule has 0 bridgehead atoms. The molecule has 2 aromatic heterocycles. The molecule has 4 heterocycles. The van der Waals surface area contributed by atoms with E-state index in [0.717, 1.165) is 16.7 Å². The van der Waals surface area contributed by atoms with Crippen LogP contribution in [0.3, 0.4) is 0 Å². The molecule has 0 unspecified atom stereocenters. The number of rotatable bonds is 5. The lowest BCUT2D eigenvalue weighted by atomic mass is 9.85. The van der Waals surface area contributed by atoms with Gasteiger partial charge in [0, 0.05) is 36.4 Å². The number of halogens is 1. The second-order valence-electron chi connectivity index (χ2n) is 8.80. The molecule has 5 rings (SSSR count). The van der Waals surface area contributed by atoms with Gasteiger partial charge in [-0.3, -0.25) is 14.6 Å². The molecule has 1 fully saturated rings. The fourth-order valence-electron chi connectivity index (χ4n) is 4.61. The standard InChI is InChI=1S/C26H26FN5O2S/c27-21-5-3-18(4-6-21)19-7-14-32(15-8-19)25(34)26(9-12-28-13-10-26)31-23(33)22-17-35-24(30-22)20-2-1-11-29-16-20/h1-7,11,16-17,28H,8-10,12-15H2,(H,31,33). The maximum atomic E-state index is 13.7. The number of aromatic nitrogens is 2. The van der Waals surface area contributed by atoms with Gasteiger partial charge in [-0.1, -0.05) is 18.2 Å². The molecule has 0 aliphatic carbocycles. The van der Waals surface area contributed by atoms with E-state index in [1.54, 1.807) is 34.8 Å². The smallest absolute Gasteiger partial charge is 0.271 e. The third-order valence-corrected chi connectivity index (χ3v) is 7.47. The zero-order valence-corrected chi connectivity index (χ0v) is 20.0. The minimum absolute atomic E-state index is 0.0653. The average molecular weight is 492 g/mol. The van der Waals surface area contributed by atoms with Gasteiger partial charge in [-0.25, -0.2) is 9.37 Å². The number of pyridine rings is 1. The van der Waals surface area contributed by atoms with Gasteiger partial charge in [0.2, 0.25) is 5.91 Å². The zero-order valence-electron chi connectivity index (χ0n) is 19.2. The van der Waals surface area contributed by atoms with Crippen molar-refractivity contribution in [2.45, 2.75) is 24.8 Å².